The predicted molar refractivity (Wildman–Crippen MR) is 119 cm³/mol. The molecule has 0 aliphatic carbocycles. The third kappa shape index (κ3) is 5.85. The summed E-state index contributed by atoms with van der Waals surface area (Å²) in [5.41, 5.74) is 0.962. The number of nitrogens with one attached hydrogen (secondary N) is 1. The predicted octanol–water partition coefficient (Wildman–Crippen LogP) is 3.01. The largest absolute Gasteiger partial charge is 0.368 e. The molecule has 150 valence electrons. The maximum absolute atomic E-state index is 12.4. The van der Waals surface area contributed by atoms with E-state index in [2.05, 4.69) is 15.2 Å². The molecule has 2 aliphatic heterocycles. The SMILES string of the molecule is CN=C(NCc1ccc(Cl)cc1Cl)N1CCN(C(=O)C2CCCO2)CC1.I. The normalized spacial score (nSPS) is 20.4. The highest BCUT2D eigenvalue weighted by Crippen LogP contribution is 2.21. The van der Waals surface area contributed by atoms with Crippen LogP contribution in [0.2, 0.25) is 10.0 Å². The average Bonchev–Trinajstić information content (AvgIpc) is 3.18. The second-order valence-corrected chi connectivity index (χ2v) is 7.29. The van der Waals surface area contributed by atoms with Gasteiger partial charge < -0.3 is 19.9 Å². The molecule has 6 nitrogen and oxygen atoms in total. The molecule has 1 aromatic carbocycles. The van der Waals surface area contributed by atoms with E-state index in [0.717, 1.165) is 37.5 Å². The Balaban J connectivity index is 0.00000261. The minimum absolute atomic E-state index is 0. The summed E-state index contributed by atoms with van der Waals surface area (Å²) < 4.78 is 5.51. The first-order valence-corrected chi connectivity index (χ1v) is 9.64. The highest BCUT2D eigenvalue weighted by molar-refractivity contribution is 14.0. The summed E-state index contributed by atoms with van der Waals surface area (Å²) in [5.74, 6) is 0.929. The van der Waals surface area contributed by atoms with Crippen LogP contribution in [0.5, 0.6) is 0 Å². The van der Waals surface area contributed by atoms with Crippen LogP contribution < -0.4 is 5.32 Å². The molecule has 2 heterocycles. The zero-order valence-electron chi connectivity index (χ0n) is 15.3. The zero-order chi connectivity index (χ0) is 18.5. The number of hydrogen-bond acceptors (Lipinski definition) is 3. The lowest BCUT2D eigenvalue weighted by atomic mass is 10.2. The van der Waals surface area contributed by atoms with Crippen LogP contribution in [-0.2, 0) is 16.1 Å². The van der Waals surface area contributed by atoms with E-state index in [9.17, 15) is 4.79 Å². The number of halogens is 3. The summed E-state index contributed by atoms with van der Waals surface area (Å²) in [6, 6.07) is 5.46. The maximum Gasteiger partial charge on any atom is 0.251 e. The number of guanidine groups is 1. The highest BCUT2D eigenvalue weighted by Gasteiger charge is 2.30. The number of nitrogens with zero attached hydrogens (tertiary/aromatic N) is 3. The van der Waals surface area contributed by atoms with Gasteiger partial charge in [0.2, 0.25) is 0 Å². The van der Waals surface area contributed by atoms with Gasteiger partial charge in [0.25, 0.3) is 5.91 Å². The van der Waals surface area contributed by atoms with Gasteiger partial charge in [-0.25, -0.2) is 0 Å². The Morgan fingerprint density at radius 1 is 1.26 bits per heavy atom. The van der Waals surface area contributed by atoms with E-state index in [0.29, 0.717) is 36.3 Å². The van der Waals surface area contributed by atoms with Crippen molar-refractivity contribution in [2.24, 2.45) is 4.99 Å². The molecule has 0 saturated carbocycles. The molecular weight excluding hydrogens is 502 g/mol. The Labute approximate surface area is 187 Å². The lowest BCUT2D eigenvalue weighted by Gasteiger charge is -2.37. The van der Waals surface area contributed by atoms with Gasteiger partial charge in [-0.2, -0.15) is 0 Å². The number of hydrogen-bond donors (Lipinski definition) is 1. The Hall–Kier alpha value is -0.770. The number of aliphatic imine (C=N–C) groups is 1. The van der Waals surface area contributed by atoms with Gasteiger partial charge in [0, 0.05) is 56.4 Å². The van der Waals surface area contributed by atoms with Gasteiger partial charge in [0.05, 0.1) is 0 Å². The summed E-state index contributed by atoms with van der Waals surface area (Å²) in [6.45, 7) is 4.11. The van der Waals surface area contributed by atoms with Crippen LogP contribution in [0, 0.1) is 0 Å². The van der Waals surface area contributed by atoms with Crippen LogP contribution in [0.3, 0.4) is 0 Å². The van der Waals surface area contributed by atoms with Gasteiger partial charge in [-0.3, -0.25) is 9.79 Å². The van der Waals surface area contributed by atoms with Crippen LogP contribution in [0.15, 0.2) is 23.2 Å². The molecule has 3 rings (SSSR count). The number of carbonyl (C=O) groups excluding carboxylic acids is 1. The lowest BCUT2D eigenvalue weighted by Crippen LogP contribution is -2.55. The second kappa shape index (κ2) is 10.7. The topological polar surface area (TPSA) is 57.2 Å². The average molecular weight is 527 g/mol. The molecule has 0 radical (unpaired) electrons. The summed E-state index contributed by atoms with van der Waals surface area (Å²) in [5, 5.41) is 4.59. The van der Waals surface area contributed by atoms with E-state index in [1.807, 2.05) is 17.0 Å². The summed E-state index contributed by atoms with van der Waals surface area (Å²) in [6.07, 6.45) is 1.57. The van der Waals surface area contributed by atoms with Crippen molar-refractivity contribution in [1.82, 2.24) is 15.1 Å². The molecule has 0 spiro atoms. The zero-order valence-corrected chi connectivity index (χ0v) is 19.1. The van der Waals surface area contributed by atoms with Crippen LogP contribution in [0.1, 0.15) is 18.4 Å². The Morgan fingerprint density at radius 3 is 2.56 bits per heavy atom. The molecule has 0 bridgehead atoms. The molecule has 1 atom stereocenters. The van der Waals surface area contributed by atoms with Crippen molar-refractivity contribution in [3.8, 4) is 0 Å². The summed E-state index contributed by atoms with van der Waals surface area (Å²) >= 11 is 12.2. The third-order valence-corrected chi connectivity index (χ3v) is 5.35. The van der Waals surface area contributed by atoms with Gasteiger partial charge in [-0.1, -0.05) is 29.3 Å². The molecule has 1 amide bonds. The Morgan fingerprint density at radius 2 is 1.96 bits per heavy atom. The molecular formula is C18H25Cl2IN4O2. The molecule has 27 heavy (non-hydrogen) atoms. The third-order valence-electron chi connectivity index (χ3n) is 4.76. The van der Waals surface area contributed by atoms with Gasteiger partial charge in [-0.05, 0) is 30.5 Å². The fraction of sp³-hybridized carbons (Fsp3) is 0.556. The number of piperazine rings is 1. The Kier molecular flexibility index (Phi) is 8.91. The van der Waals surface area contributed by atoms with E-state index >= 15 is 0 Å². The highest BCUT2D eigenvalue weighted by atomic mass is 127. The number of carbonyl (C=O) groups is 1. The van der Waals surface area contributed by atoms with Crippen molar-refractivity contribution >= 4 is 59.0 Å². The van der Waals surface area contributed by atoms with Gasteiger partial charge in [0.1, 0.15) is 6.10 Å². The van der Waals surface area contributed by atoms with Gasteiger partial charge in [-0.15, -0.1) is 24.0 Å². The van der Waals surface area contributed by atoms with Crippen LogP contribution in [0.25, 0.3) is 0 Å². The van der Waals surface area contributed by atoms with Crippen molar-refractivity contribution < 1.29 is 9.53 Å². The first-order chi connectivity index (χ1) is 12.6. The van der Waals surface area contributed by atoms with Crippen LogP contribution in [0.4, 0.5) is 0 Å². The van der Waals surface area contributed by atoms with E-state index in [4.69, 9.17) is 27.9 Å². The van der Waals surface area contributed by atoms with Crippen LogP contribution in [-0.4, -0.2) is 67.6 Å². The number of benzene rings is 1. The van der Waals surface area contributed by atoms with Crippen molar-refractivity contribution in [3.63, 3.8) is 0 Å². The van der Waals surface area contributed by atoms with Crippen molar-refractivity contribution in [2.75, 3.05) is 39.8 Å². The number of rotatable bonds is 3. The first kappa shape index (κ1) is 22.5. The van der Waals surface area contributed by atoms with Gasteiger partial charge in [0.15, 0.2) is 5.96 Å². The maximum atomic E-state index is 12.4. The van der Waals surface area contributed by atoms with E-state index in [1.165, 1.54) is 0 Å². The van der Waals surface area contributed by atoms with Crippen molar-refractivity contribution in [3.05, 3.63) is 33.8 Å². The van der Waals surface area contributed by atoms with E-state index in [-0.39, 0.29) is 36.0 Å². The molecule has 1 aromatic rings. The van der Waals surface area contributed by atoms with Gasteiger partial charge >= 0.3 is 0 Å². The summed E-state index contributed by atoms with van der Waals surface area (Å²) in [7, 11) is 1.76. The minimum Gasteiger partial charge on any atom is -0.368 e. The molecule has 9 heteroatoms. The van der Waals surface area contributed by atoms with E-state index < -0.39 is 0 Å². The minimum atomic E-state index is -0.244. The second-order valence-electron chi connectivity index (χ2n) is 6.45. The first-order valence-electron chi connectivity index (χ1n) is 8.88. The number of ether oxygens (including phenoxy) is 1. The molecule has 2 saturated heterocycles. The standard InChI is InChI=1S/C18H24Cl2N4O2.HI/c1-21-18(22-12-13-4-5-14(19)11-15(13)20)24-8-6-23(7-9-24)17(25)16-3-2-10-26-16;/h4-5,11,16H,2-3,6-10,12H2,1H3,(H,21,22);1H. The smallest absolute Gasteiger partial charge is 0.251 e. The molecule has 0 aromatic heterocycles. The molecule has 1 N–H and O–H groups in total. The van der Waals surface area contributed by atoms with Crippen LogP contribution >= 0.6 is 47.2 Å². The van der Waals surface area contributed by atoms with E-state index in [1.54, 1.807) is 13.1 Å². The van der Waals surface area contributed by atoms with Crippen molar-refractivity contribution in [2.45, 2.75) is 25.5 Å². The quantitative estimate of drug-likeness (QED) is 0.374. The molecule has 2 fully saturated rings. The lowest BCUT2D eigenvalue weighted by molar-refractivity contribution is -0.142. The summed E-state index contributed by atoms with van der Waals surface area (Å²) in [4.78, 5) is 20.8. The fourth-order valence-electron chi connectivity index (χ4n) is 3.29. The monoisotopic (exact) mass is 526 g/mol. The molecule has 1 unspecified atom stereocenters. The number of amides is 1. The van der Waals surface area contributed by atoms with Crippen molar-refractivity contribution in [1.29, 1.82) is 0 Å². The molecule has 2 aliphatic rings. The Bertz CT molecular complexity index is 675. The fourth-order valence-corrected chi connectivity index (χ4v) is 3.76.